The number of aliphatic hydroxyl groups is 5. The van der Waals surface area contributed by atoms with Gasteiger partial charge in [0.2, 0.25) is 5.91 Å². The summed E-state index contributed by atoms with van der Waals surface area (Å²) in [6, 6.07) is -0.803. The third-order valence-electron chi connectivity index (χ3n) is 10.7. The quantitative estimate of drug-likeness (QED) is 0.0858. The van der Waals surface area contributed by atoms with Crippen molar-refractivity contribution in [2.24, 2.45) is 23.2 Å². The summed E-state index contributed by atoms with van der Waals surface area (Å²) in [6.45, 7) is 1.50. The average Bonchev–Trinajstić information content (AvgIpc) is 3.00. The van der Waals surface area contributed by atoms with Gasteiger partial charge in [0.25, 0.3) is 0 Å². The molecule has 1 amide bonds. The summed E-state index contributed by atoms with van der Waals surface area (Å²) in [6.07, 6.45) is 19.4. The highest BCUT2D eigenvalue weighted by Crippen LogP contribution is 2.61. The van der Waals surface area contributed by atoms with E-state index in [-0.39, 0.29) is 17.9 Å². The van der Waals surface area contributed by atoms with Gasteiger partial charge in [0, 0.05) is 6.42 Å². The van der Waals surface area contributed by atoms with Gasteiger partial charge in [0.05, 0.1) is 25.4 Å². The number of allylic oxidation sites excluding steroid dienone is 3. The highest BCUT2D eigenvalue weighted by atomic mass is 16.7. The molecule has 1 heterocycles. The lowest BCUT2D eigenvalue weighted by Gasteiger charge is -2.56. The Morgan fingerprint density at radius 3 is 2.11 bits per heavy atom. The minimum absolute atomic E-state index is 0.0453. The molecular weight excluding hydrogens is 574 g/mol. The van der Waals surface area contributed by atoms with Crippen molar-refractivity contribution in [3.63, 3.8) is 0 Å². The van der Waals surface area contributed by atoms with Gasteiger partial charge in [-0.1, -0.05) is 69.8 Å². The summed E-state index contributed by atoms with van der Waals surface area (Å²) in [5, 5.41) is 54.3. The minimum atomic E-state index is -1.56. The van der Waals surface area contributed by atoms with Crippen LogP contribution in [0.5, 0.6) is 0 Å². The Morgan fingerprint density at radius 1 is 0.867 bits per heavy atom. The number of nitrogens with one attached hydrogen (secondary N) is 1. The summed E-state index contributed by atoms with van der Waals surface area (Å²) >= 11 is 0. The lowest BCUT2D eigenvalue weighted by molar-refractivity contribution is -0.302. The van der Waals surface area contributed by atoms with Crippen molar-refractivity contribution in [3.8, 4) is 0 Å². The number of ether oxygens (including phenoxy) is 2. The molecule has 7 unspecified atom stereocenters. The van der Waals surface area contributed by atoms with Crippen LogP contribution in [0.15, 0.2) is 24.3 Å². The summed E-state index contributed by atoms with van der Waals surface area (Å²) < 4.78 is 11.3. The molecule has 9 heteroatoms. The van der Waals surface area contributed by atoms with Crippen LogP contribution in [-0.4, -0.2) is 87.5 Å². The Hall–Kier alpha value is -1.33. The second-order valence-electron chi connectivity index (χ2n) is 14.7. The van der Waals surface area contributed by atoms with Crippen molar-refractivity contribution in [3.05, 3.63) is 24.3 Å². The van der Waals surface area contributed by atoms with E-state index in [0.717, 1.165) is 56.3 Å². The minimum Gasteiger partial charge on any atom is -0.394 e. The maximum atomic E-state index is 13.4. The molecule has 9 nitrogen and oxygen atoms in total. The Bertz CT molecular complexity index is 903. The number of amides is 1. The van der Waals surface area contributed by atoms with Gasteiger partial charge < -0.3 is 40.3 Å². The van der Waals surface area contributed by atoms with E-state index < -0.39 is 49.5 Å². The van der Waals surface area contributed by atoms with Crippen LogP contribution in [0, 0.1) is 23.2 Å². The van der Waals surface area contributed by atoms with E-state index in [9.17, 15) is 30.3 Å². The first kappa shape index (κ1) is 36.5. The molecule has 0 aromatic rings. The fourth-order valence-corrected chi connectivity index (χ4v) is 8.75. The van der Waals surface area contributed by atoms with Crippen molar-refractivity contribution in [2.45, 2.75) is 159 Å². The van der Waals surface area contributed by atoms with E-state index >= 15 is 0 Å². The fourth-order valence-electron chi connectivity index (χ4n) is 8.75. The molecule has 0 aromatic carbocycles. The van der Waals surface area contributed by atoms with Crippen molar-refractivity contribution in [1.29, 1.82) is 0 Å². The lowest BCUT2D eigenvalue weighted by atomic mass is 9.49. The summed E-state index contributed by atoms with van der Waals surface area (Å²) in [7, 11) is 0. The average molecular weight is 636 g/mol. The van der Waals surface area contributed by atoms with Gasteiger partial charge in [0.1, 0.15) is 24.4 Å². The Balaban J connectivity index is 1.27. The first-order valence-corrected chi connectivity index (χ1v) is 17.9. The van der Waals surface area contributed by atoms with Crippen LogP contribution in [0.2, 0.25) is 0 Å². The molecule has 1 saturated heterocycles. The molecule has 5 fully saturated rings. The maximum Gasteiger partial charge on any atom is 0.220 e. The highest BCUT2D eigenvalue weighted by molar-refractivity contribution is 5.77. The van der Waals surface area contributed by atoms with E-state index in [1.54, 1.807) is 6.08 Å². The SMILES string of the molecule is CCCCCCCCCC=CCCC=CC(O)C(COC1OC(CO)C(O)C(O)C1O)NC(=O)CC12CC3CC(CC(C3)C1)C2. The van der Waals surface area contributed by atoms with E-state index in [1.807, 2.05) is 6.08 Å². The molecule has 4 bridgehead atoms. The van der Waals surface area contributed by atoms with Crippen LogP contribution >= 0.6 is 0 Å². The molecule has 6 N–H and O–H groups in total. The maximum absolute atomic E-state index is 13.4. The smallest absolute Gasteiger partial charge is 0.220 e. The first-order chi connectivity index (χ1) is 21.7. The molecule has 0 radical (unpaired) electrons. The van der Waals surface area contributed by atoms with Crippen molar-refractivity contribution < 1.29 is 39.8 Å². The van der Waals surface area contributed by atoms with Crippen LogP contribution in [0.25, 0.3) is 0 Å². The number of rotatable bonds is 20. The third kappa shape index (κ3) is 10.8. The van der Waals surface area contributed by atoms with Gasteiger partial charge in [-0.2, -0.15) is 0 Å². The van der Waals surface area contributed by atoms with E-state index in [4.69, 9.17) is 9.47 Å². The summed E-state index contributed by atoms with van der Waals surface area (Å²) in [5.41, 5.74) is 0.0453. The van der Waals surface area contributed by atoms with Crippen molar-refractivity contribution >= 4 is 5.91 Å². The fraction of sp³-hybridized carbons (Fsp3) is 0.861. The molecule has 5 aliphatic rings. The molecule has 7 atom stereocenters. The number of carbonyl (C=O) groups is 1. The molecule has 5 rings (SSSR count). The zero-order valence-corrected chi connectivity index (χ0v) is 27.5. The van der Waals surface area contributed by atoms with Crippen LogP contribution in [0.4, 0.5) is 0 Å². The molecule has 1 aliphatic heterocycles. The van der Waals surface area contributed by atoms with Gasteiger partial charge in [-0.05, 0) is 87.4 Å². The standard InChI is InChI=1S/C36H61NO8/c1-2-3-4-5-6-7-8-9-10-11-12-13-14-15-29(39)28(24-44-35-34(43)33(42)32(41)30(23-38)45-35)37-31(40)22-36-19-25-16-26(20-36)18-27(17-25)21-36/h10-11,14-15,25-30,32-35,38-39,41-43H,2-9,12-13,16-24H2,1H3,(H,37,40). The van der Waals surface area contributed by atoms with Gasteiger partial charge >= 0.3 is 0 Å². The lowest BCUT2D eigenvalue weighted by Crippen LogP contribution is -2.60. The number of hydrogen-bond donors (Lipinski definition) is 6. The predicted octanol–water partition coefficient (Wildman–Crippen LogP) is 4.29. The van der Waals surface area contributed by atoms with Gasteiger partial charge in [0.15, 0.2) is 6.29 Å². The van der Waals surface area contributed by atoms with Crippen LogP contribution < -0.4 is 5.32 Å². The monoisotopic (exact) mass is 635 g/mol. The van der Waals surface area contributed by atoms with Crippen LogP contribution in [-0.2, 0) is 14.3 Å². The van der Waals surface area contributed by atoms with Crippen LogP contribution in [0.3, 0.4) is 0 Å². The van der Waals surface area contributed by atoms with Crippen molar-refractivity contribution in [1.82, 2.24) is 5.32 Å². The number of hydrogen-bond acceptors (Lipinski definition) is 8. The second-order valence-corrected chi connectivity index (χ2v) is 14.7. The Kier molecular flexibility index (Phi) is 14.8. The number of carbonyl (C=O) groups excluding carboxylic acids is 1. The van der Waals surface area contributed by atoms with Crippen LogP contribution in [0.1, 0.15) is 116 Å². The topological polar surface area (TPSA) is 149 Å². The summed E-state index contributed by atoms with van der Waals surface area (Å²) in [4.78, 5) is 13.4. The van der Waals surface area contributed by atoms with Gasteiger partial charge in [-0.25, -0.2) is 0 Å². The Morgan fingerprint density at radius 2 is 1.47 bits per heavy atom. The first-order valence-electron chi connectivity index (χ1n) is 17.9. The third-order valence-corrected chi connectivity index (χ3v) is 10.7. The second kappa shape index (κ2) is 18.3. The molecule has 4 aliphatic carbocycles. The van der Waals surface area contributed by atoms with Gasteiger partial charge in [-0.15, -0.1) is 0 Å². The number of aliphatic hydroxyl groups excluding tert-OH is 5. The largest absolute Gasteiger partial charge is 0.394 e. The number of unbranched alkanes of at least 4 members (excludes halogenated alkanes) is 8. The van der Waals surface area contributed by atoms with E-state index in [1.165, 1.54) is 64.2 Å². The van der Waals surface area contributed by atoms with Gasteiger partial charge in [-0.3, -0.25) is 4.79 Å². The molecular formula is C36H61NO8. The predicted molar refractivity (Wildman–Crippen MR) is 173 cm³/mol. The highest BCUT2D eigenvalue weighted by Gasteiger charge is 2.51. The van der Waals surface area contributed by atoms with Crippen molar-refractivity contribution in [2.75, 3.05) is 13.2 Å². The Labute approximate surface area is 270 Å². The molecule has 45 heavy (non-hydrogen) atoms. The van der Waals surface area contributed by atoms with E-state index in [2.05, 4.69) is 24.4 Å². The molecule has 258 valence electrons. The molecule has 0 aromatic heterocycles. The zero-order valence-electron chi connectivity index (χ0n) is 27.5. The molecule has 0 spiro atoms. The molecule has 4 saturated carbocycles. The normalized spacial score (nSPS) is 35.8. The zero-order chi connectivity index (χ0) is 32.2. The van der Waals surface area contributed by atoms with E-state index in [0.29, 0.717) is 6.42 Å². The summed E-state index contributed by atoms with van der Waals surface area (Å²) in [5.74, 6) is 2.08.